The monoisotopic (exact) mass is 577 g/mol. The fourth-order valence-corrected chi connectivity index (χ4v) is 6.45. The van der Waals surface area contributed by atoms with Crippen LogP contribution in [0.1, 0.15) is 41.0 Å². The van der Waals surface area contributed by atoms with E-state index in [-0.39, 0.29) is 18.0 Å². The molecule has 8 heteroatoms. The number of carbonyl (C=O) groups is 1. The molecule has 6 rings (SSSR count). The molecule has 1 aliphatic heterocycles. The Bertz CT molecular complexity index is 2000. The van der Waals surface area contributed by atoms with Crippen LogP contribution in [0.5, 0.6) is 0 Å². The highest BCUT2D eigenvalue weighted by Gasteiger charge is 2.35. The number of esters is 1. The summed E-state index contributed by atoms with van der Waals surface area (Å²) in [7, 11) is 0. The van der Waals surface area contributed by atoms with E-state index >= 15 is 0 Å². The van der Waals surface area contributed by atoms with Gasteiger partial charge in [0.1, 0.15) is 5.82 Å². The Labute approximate surface area is 246 Å². The highest BCUT2D eigenvalue weighted by Crippen LogP contribution is 2.35. The SMILES string of the molecule is CCOC(=O)C1=C(c2ccccc2)N=c2s/c(=C\c3cc(C)n(-c4ccc(F)cc4)c3C)c(=O)n2C1c1ccccc1. The number of carbonyl (C=O) groups excluding carboxylic acids is 1. The molecule has 2 aromatic heterocycles. The zero-order valence-corrected chi connectivity index (χ0v) is 24.2. The largest absolute Gasteiger partial charge is 0.463 e. The molecule has 6 nitrogen and oxygen atoms in total. The van der Waals surface area contributed by atoms with Crippen LogP contribution in [-0.4, -0.2) is 21.7 Å². The van der Waals surface area contributed by atoms with Crippen molar-refractivity contribution in [3.63, 3.8) is 0 Å². The van der Waals surface area contributed by atoms with Gasteiger partial charge in [0.15, 0.2) is 4.80 Å². The summed E-state index contributed by atoms with van der Waals surface area (Å²) in [4.78, 5) is 33.1. The van der Waals surface area contributed by atoms with Crippen molar-refractivity contribution in [1.29, 1.82) is 0 Å². The summed E-state index contributed by atoms with van der Waals surface area (Å²) in [5.41, 5.74) is 5.70. The molecule has 0 saturated carbocycles. The summed E-state index contributed by atoms with van der Waals surface area (Å²) in [6.45, 7) is 5.90. The minimum atomic E-state index is -0.717. The molecule has 0 amide bonds. The van der Waals surface area contributed by atoms with E-state index in [4.69, 9.17) is 9.73 Å². The number of fused-ring (bicyclic) bond motifs is 1. The van der Waals surface area contributed by atoms with Crippen molar-refractivity contribution in [2.45, 2.75) is 26.8 Å². The van der Waals surface area contributed by atoms with Gasteiger partial charge < -0.3 is 9.30 Å². The lowest BCUT2D eigenvalue weighted by Crippen LogP contribution is -2.40. The number of ether oxygens (including phenoxy) is 1. The first-order valence-corrected chi connectivity index (χ1v) is 14.5. The van der Waals surface area contributed by atoms with Crippen LogP contribution in [0.25, 0.3) is 17.5 Å². The fourth-order valence-electron chi connectivity index (χ4n) is 5.45. The molecule has 0 spiro atoms. The predicted molar refractivity (Wildman–Crippen MR) is 163 cm³/mol. The minimum Gasteiger partial charge on any atom is -0.463 e. The van der Waals surface area contributed by atoms with Crippen LogP contribution in [-0.2, 0) is 9.53 Å². The second-order valence-electron chi connectivity index (χ2n) is 9.98. The van der Waals surface area contributed by atoms with Crippen LogP contribution in [0.15, 0.2) is 106 Å². The maximum absolute atomic E-state index is 14.1. The summed E-state index contributed by atoms with van der Waals surface area (Å²) in [6.07, 6.45) is 1.87. The number of aromatic nitrogens is 2. The number of hydrogen-bond donors (Lipinski definition) is 0. The Morgan fingerprint density at radius 1 is 1.00 bits per heavy atom. The molecule has 0 saturated heterocycles. The third-order valence-electron chi connectivity index (χ3n) is 7.33. The van der Waals surface area contributed by atoms with Gasteiger partial charge in [0.25, 0.3) is 5.56 Å². The van der Waals surface area contributed by atoms with Crippen LogP contribution in [0, 0.1) is 19.7 Å². The molecule has 0 bridgehead atoms. The predicted octanol–water partition coefficient (Wildman–Crippen LogP) is 5.48. The number of hydrogen-bond acceptors (Lipinski definition) is 5. The molecule has 0 fully saturated rings. The number of rotatable bonds is 6. The van der Waals surface area contributed by atoms with Gasteiger partial charge in [-0.25, -0.2) is 14.2 Å². The van der Waals surface area contributed by atoms with Crippen LogP contribution >= 0.6 is 11.3 Å². The molecule has 210 valence electrons. The van der Waals surface area contributed by atoms with E-state index in [1.165, 1.54) is 23.5 Å². The second-order valence-corrected chi connectivity index (χ2v) is 11.0. The van der Waals surface area contributed by atoms with Gasteiger partial charge in [-0.1, -0.05) is 72.0 Å². The summed E-state index contributed by atoms with van der Waals surface area (Å²) < 4.78 is 23.2. The second kappa shape index (κ2) is 11.2. The molecule has 1 aliphatic rings. The van der Waals surface area contributed by atoms with Crippen molar-refractivity contribution in [3.8, 4) is 5.69 Å². The first-order chi connectivity index (χ1) is 20.4. The van der Waals surface area contributed by atoms with E-state index in [2.05, 4.69) is 0 Å². The first kappa shape index (κ1) is 27.4. The van der Waals surface area contributed by atoms with Gasteiger partial charge in [0, 0.05) is 22.6 Å². The van der Waals surface area contributed by atoms with E-state index in [0.717, 1.165) is 33.8 Å². The molecule has 3 aromatic carbocycles. The quantitative estimate of drug-likeness (QED) is 0.251. The molecule has 0 aliphatic carbocycles. The Morgan fingerprint density at radius 2 is 1.67 bits per heavy atom. The Hall–Kier alpha value is -4.82. The lowest BCUT2D eigenvalue weighted by atomic mass is 9.93. The van der Waals surface area contributed by atoms with Crippen LogP contribution in [0.2, 0.25) is 0 Å². The summed E-state index contributed by atoms with van der Waals surface area (Å²) in [5, 5.41) is 0. The topological polar surface area (TPSA) is 65.6 Å². The molecular formula is C34H28FN3O3S. The molecule has 1 unspecified atom stereocenters. The van der Waals surface area contributed by atoms with Crippen molar-refractivity contribution in [2.75, 3.05) is 6.61 Å². The number of nitrogens with zero attached hydrogens (tertiary/aromatic N) is 3. The molecule has 1 atom stereocenters. The fraction of sp³-hybridized carbons (Fsp3) is 0.147. The molecular weight excluding hydrogens is 549 g/mol. The molecule has 5 aromatic rings. The van der Waals surface area contributed by atoms with Crippen molar-refractivity contribution in [3.05, 3.63) is 150 Å². The molecule has 42 heavy (non-hydrogen) atoms. The van der Waals surface area contributed by atoms with Crippen LogP contribution in [0.4, 0.5) is 4.39 Å². The van der Waals surface area contributed by atoms with E-state index in [0.29, 0.717) is 20.6 Å². The smallest absolute Gasteiger partial charge is 0.338 e. The van der Waals surface area contributed by atoms with E-state index in [1.807, 2.05) is 91.2 Å². The zero-order chi connectivity index (χ0) is 29.4. The normalized spacial score (nSPS) is 15.0. The maximum Gasteiger partial charge on any atom is 0.338 e. The van der Waals surface area contributed by atoms with Crippen molar-refractivity contribution >= 4 is 29.1 Å². The third-order valence-corrected chi connectivity index (χ3v) is 8.31. The Morgan fingerprint density at radius 3 is 2.33 bits per heavy atom. The van der Waals surface area contributed by atoms with E-state index < -0.39 is 12.0 Å². The number of halogens is 1. The average molecular weight is 578 g/mol. The number of benzene rings is 3. The standard InChI is InChI=1S/C34H28FN3O3S/c1-4-41-33(40)29-30(23-11-7-5-8-12-23)36-34-38(31(29)24-13-9-6-10-14-24)32(39)28(42-34)20-25-19-21(2)37(22(25)3)27-17-15-26(35)16-18-27/h5-20,31H,4H2,1-3H3/b28-20-. The minimum absolute atomic E-state index is 0.194. The van der Waals surface area contributed by atoms with Crippen LogP contribution in [0.3, 0.4) is 0 Å². The summed E-state index contributed by atoms with van der Waals surface area (Å²) >= 11 is 1.29. The summed E-state index contributed by atoms with van der Waals surface area (Å²) in [5.74, 6) is -0.807. The Balaban J connectivity index is 1.59. The first-order valence-electron chi connectivity index (χ1n) is 13.7. The van der Waals surface area contributed by atoms with Gasteiger partial charge in [0.05, 0.1) is 28.5 Å². The maximum atomic E-state index is 14.1. The average Bonchev–Trinajstić information content (AvgIpc) is 3.47. The van der Waals surface area contributed by atoms with E-state index in [9.17, 15) is 14.0 Å². The Kier molecular flexibility index (Phi) is 7.31. The highest BCUT2D eigenvalue weighted by molar-refractivity contribution is 7.07. The number of aryl methyl sites for hydroxylation is 1. The van der Waals surface area contributed by atoms with Gasteiger partial charge >= 0.3 is 5.97 Å². The third kappa shape index (κ3) is 4.84. The molecule has 0 N–H and O–H groups in total. The van der Waals surface area contributed by atoms with Gasteiger partial charge in [-0.3, -0.25) is 9.36 Å². The summed E-state index contributed by atoms with van der Waals surface area (Å²) in [6, 6.07) is 26.6. The van der Waals surface area contributed by atoms with E-state index in [1.54, 1.807) is 23.6 Å². The van der Waals surface area contributed by atoms with Gasteiger partial charge in [-0.05, 0) is 68.3 Å². The van der Waals surface area contributed by atoms with Gasteiger partial charge in [0.2, 0.25) is 0 Å². The van der Waals surface area contributed by atoms with Crippen LogP contribution < -0.4 is 14.9 Å². The molecule has 0 radical (unpaired) electrons. The lowest BCUT2D eigenvalue weighted by Gasteiger charge is -2.25. The lowest BCUT2D eigenvalue weighted by molar-refractivity contribution is -0.138. The zero-order valence-electron chi connectivity index (χ0n) is 23.4. The molecule has 3 heterocycles. The van der Waals surface area contributed by atoms with Gasteiger partial charge in [-0.2, -0.15) is 0 Å². The van der Waals surface area contributed by atoms with Crippen molar-refractivity contribution in [2.24, 2.45) is 4.99 Å². The highest BCUT2D eigenvalue weighted by atomic mass is 32.1. The van der Waals surface area contributed by atoms with Crippen molar-refractivity contribution < 1.29 is 13.9 Å². The van der Waals surface area contributed by atoms with Crippen molar-refractivity contribution in [1.82, 2.24) is 9.13 Å². The number of thiazole rings is 1. The van der Waals surface area contributed by atoms with Gasteiger partial charge in [-0.15, -0.1) is 0 Å².